The third-order valence-corrected chi connectivity index (χ3v) is 4.80. The number of carbonyl (C=O) groups excluding carboxylic acids is 1. The molecule has 3 rings (SSSR count). The van der Waals surface area contributed by atoms with Gasteiger partial charge in [-0.25, -0.2) is 9.97 Å². The van der Waals surface area contributed by atoms with Crippen molar-refractivity contribution in [2.75, 3.05) is 36.4 Å². The van der Waals surface area contributed by atoms with Crippen LogP contribution < -0.4 is 10.2 Å². The Morgan fingerprint density at radius 1 is 1.08 bits per heavy atom. The quantitative estimate of drug-likeness (QED) is 0.916. The number of carbonyl (C=O) groups is 1. The van der Waals surface area contributed by atoms with Crippen LogP contribution in [0.15, 0.2) is 30.6 Å². The molecule has 0 aliphatic carbocycles. The van der Waals surface area contributed by atoms with Crippen LogP contribution in [0, 0.1) is 13.8 Å². The average molecular weight is 353 g/mol. The van der Waals surface area contributed by atoms with E-state index in [1.807, 2.05) is 18.7 Å². The van der Waals surface area contributed by atoms with E-state index in [1.165, 1.54) is 16.8 Å². The number of piperazine rings is 1. The van der Waals surface area contributed by atoms with Gasteiger partial charge in [0.05, 0.1) is 5.56 Å². The van der Waals surface area contributed by atoms with E-state index in [4.69, 9.17) is 0 Å². The lowest BCUT2D eigenvalue weighted by Crippen LogP contribution is -2.49. The number of aromatic nitrogens is 2. The molecule has 1 saturated heterocycles. The highest BCUT2D eigenvalue weighted by molar-refractivity contribution is 5.93. The number of amides is 1. The van der Waals surface area contributed by atoms with Gasteiger partial charge in [0.2, 0.25) is 5.95 Å². The zero-order chi connectivity index (χ0) is 18.7. The van der Waals surface area contributed by atoms with E-state index >= 15 is 0 Å². The Kier molecular flexibility index (Phi) is 5.40. The summed E-state index contributed by atoms with van der Waals surface area (Å²) in [6.07, 6.45) is 3.22. The summed E-state index contributed by atoms with van der Waals surface area (Å²) in [7, 11) is 0. The summed E-state index contributed by atoms with van der Waals surface area (Å²) >= 11 is 0. The van der Waals surface area contributed by atoms with Crippen molar-refractivity contribution in [1.29, 1.82) is 0 Å². The molecule has 1 aliphatic heterocycles. The number of benzene rings is 1. The van der Waals surface area contributed by atoms with Crippen molar-refractivity contribution in [3.05, 3.63) is 47.3 Å². The zero-order valence-corrected chi connectivity index (χ0v) is 16.0. The maximum absolute atomic E-state index is 12.7. The minimum atomic E-state index is 0.00158. The Balaban J connectivity index is 1.62. The summed E-state index contributed by atoms with van der Waals surface area (Å²) in [5.74, 6) is 0.554. The van der Waals surface area contributed by atoms with Gasteiger partial charge in [-0.05, 0) is 44.9 Å². The van der Waals surface area contributed by atoms with Crippen LogP contribution in [0.1, 0.15) is 35.3 Å². The first-order valence-electron chi connectivity index (χ1n) is 9.14. The number of aryl methyl sites for hydroxylation is 1. The fraction of sp³-hybridized carbons (Fsp3) is 0.450. The standard InChI is InChI=1S/C20H27N5O/c1-14(2)23-20-21-12-17(13-22-20)19(26)25-10-8-24(9-11-25)18-7-5-6-15(3)16(18)4/h5-7,12-14H,8-11H2,1-4H3,(H,21,22,23). The van der Waals surface area contributed by atoms with Gasteiger partial charge in [0, 0.05) is 50.3 Å². The number of anilines is 2. The molecule has 1 aromatic heterocycles. The molecule has 0 unspecified atom stereocenters. The van der Waals surface area contributed by atoms with Gasteiger partial charge in [-0.3, -0.25) is 4.79 Å². The van der Waals surface area contributed by atoms with E-state index in [-0.39, 0.29) is 11.9 Å². The van der Waals surface area contributed by atoms with Gasteiger partial charge in [0.25, 0.3) is 5.91 Å². The van der Waals surface area contributed by atoms with Crippen LogP contribution in [0.25, 0.3) is 0 Å². The lowest BCUT2D eigenvalue weighted by molar-refractivity contribution is 0.0746. The van der Waals surface area contributed by atoms with Crippen molar-refractivity contribution in [2.45, 2.75) is 33.7 Å². The molecular weight excluding hydrogens is 326 g/mol. The van der Waals surface area contributed by atoms with Crippen LogP contribution in [0.2, 0.25) is 0 Å². The van der Waals surface area contributed by atoms with Gasteiger partial charge in [0.15, 0.2) is 0 Å². The van der Waals surface area contributed by atoms with Crippen molar-refractivity contribution in [3.8, 4) is 0 Å². The number of rotatable bonds is 4. The topological polar surface area (TPSA) is 61.4 Å². The number of nitrogens with zero attached hydrogens (tertiary/aromatic N) is 4. The maximum Gasteiger partial charge on any atom is 0.257 e. The lowest BCUT2D eigenvalue weighted by atomic mass is 10.1. The van der Waals surface area contributed by atoms with Crippen molar-refractivity contribution < 1.29 is 4.79 Å². The van der Waals surface area contributed by atoms with Gasteiger partial charge in [0.1, 0.15) is 0 Å². The van der Waals surface area contributed by atoms with Gasteiger partial charge in [-0.15, -0.1) is 0 Å². The van der Waals surface area contributed by atoms with E-state index in [2.05, 4.69) is 52.2 Å². The summed E-state index contributed by atoms with van der Waals surface area (Å²) in [5.41, 5.74) is 4.42. The molecule has 26 heavy (non-hydrogen) atoms. The Hall–Kier alpha value is -2.63. The second kappa shape index (κ2) is 7.72. The van der Waals surface area contributed by atoms with Crippen LogP contribution in [0.5, 0.6) is 0 Å². The fourth-order valence-electron chi connectivity index (χ4n) is 3.18. The van der Waals surface area contributed by atoms with Gasteiger partial charge in [-0.1, -0.05) is 12.1 Å². The van der Waals surface area contributed by atoms with E-state index < -0.39 is 0 Å². The molecule has 0 bridgehead atoms. The van der Waals surface area contributed by atoms with Crippen molar-refractivity contribution in [3.63, 3.8) is 0 Å². The first-order valence-corrected chi connectivity index (χ1v) is 9.14. The van der Waals surface area contributed by atoms with E-state index in [0.717, 1.165) is 13.1 Å². The number of nitrogens with one attached hydrogen (secondary N) is 1. The van der Waals surface area contributed by atoms with Crippen LogP contribution in [-0.2, 0) is 0 Å². The van der Waals surface area contributed by atoms with Crippen LogP contribution >= 0.6 is 0 Å². The first-order chi connectivity index (χ1) is 12.5. The summed E-state index contributed by atoms with van der Waals surface area (Å²) in [4.78, 5) is 25.4. The first kappa shape index (κ1) is 18.2. The molecular formula is C20H27N5O. The molecule has 6 heteroatoms. The molecule has 0 atom stereocenters. The van der Waals surface area contributed by atoms with Crippen LogP contribution in [0.4, 0.5) is 11.6 Å². The maximum atomic E-state index is 12.7. The molecule has 1 N–H and O–H groups in total. The molecule has 0 radical (unpaired) electrons. The van der Waals surface area contributed by atoms with Crippen LogP contribution in [-0.4, -0.2) is 53.0 Å². The Morgan fingerprint density at radius 3 is 2.35 bits per heavy atom. The predicted octanol–water partition coefficient (Wildman–Crippen LogP) is 2.88. The molecule has 6 nitrogen and oxygen atoms in total. The molecule has 0 saturated carbocycles. The zero-order valence-electron chi connectivity index (χ0n) is 16.0. The van der Waals surface area contributed by atoms with E-state index in [1.54, 1.807) is 12.4 Å². The number of hydrogen-bond acceptors (Lipinski definition) is 5. The molecule has 138 valence electrons. The second-order valence-corrected chi connectivity index (χ2v) is 7.09. The van der Waals surface area contributed by atoms with Gasteiger partial charge in [-0.2, -0.15) is 0 Å². The molecule has 1 amide bonds. The van der Waals surface area contributed by atoms with Gasteiger partial charge >= 0.3 is 0 Å². The second-order valence-electron chi connectivity index (χ2n) is 7.09. The van der Waals surface area contributed by atoms with E-state index in [9.17, 15) is 4.79 Å². The largest absolute Gasteiger partial charge is 0.368 e. The van der Waals surface area contributed by atoms with Crippen molar-refractivity contribution in [1.82, 2.24) is 14.9 Å². The highest BCUT2D eigenvalue weighted by Gasteiger charge is 2.23. The van der Waals surface area contributed by atoms with Gasteiger partial charge < -0.3 is 15.1 Å². The van der Waals surface area contributed by atoms with Crippen molar-refractivity contribution >= 4 is 17.5 Å². The van der Waals surface area contributed by atoms with E-state index in [0.29, 0.717) is 24.6 Å². The normalized spacial score (nSPS) is 14.7. The lowest BCUT2D eigenvalue weighted by Gasteiger charge is -2.37. The smallest absolute Gasteiger partial charge is 0.257 e. The molecule has 1 aliphatic rings. The highest BCUT2D eigenvalue weighted by Crippen LogP contribution is 2.24. The Morgan fingerprint density at radius 2 is 1.73 bits per heavy atom. The third kappa shape index (κ3) is 3.95. The molecule has 2 heterocycles. The summed E-state index contributed by atoms with van der Waals surface area (Å²) < 4.78 is 0. The highest BCUT2D eigenvalue weighted by atomic mass is 16.2. The molecule has 1 fully saturated rings. The Labute approximate surface area is 155 Å². The SMILES string of the molecule is Cc1cccc(N2CCN(C(=O)c3cnc(NC(C)C)nc3)CC2)c1C. The molecule has 0 spiro atoms. The minimum absolute atomic E-state index is 0.00158. The molecule has 2 aromatic rings. The predicted molar refractivity (Wildman–Crippen MR) is 105 cm³/mol. The van der Waals surface area contributed by atoms with Crippen molar-refractivity contribution in [2.24, 2.45) is 0 Å². The molecule has 1 aromatic carbocycles. The Bertz CT molecular complexity index is 764. The monoisotopic (exact) mass is 353 g/mol. The summed E-state index contributed by atoms with van der Waals surface area (Å²) in [6.45, 7) is 11.4. The summed E-state index contributed by atoms with van der Waals surface area (Å²) in [5, 5.41) is 3.13. The fourth-order valence-corrected chi connectivity index (χ4v) is 3.18. The third-order valence-electron chi connectivity index (χ3n) is 4.80. The minimum Gasteiger partial charge on any atom is -0.368 e. The average Bonchev–Trinajstić information content (AvgIpc) is 2.64. The van der Waals surface area contributed by atoms with Crippen LogP contribution in [0.3, 0.4) is 0 Å². The number of hydrogen-bond donors (Lipinski definition) is 1. The summed E-state index contributed by atoms with van der Waals surface area (Å²) in [6, 6.07) is 6.65.